The summed E-state index contributed by atoms with van der Waals surface area (Å²) in [5.74, 6) is 0.639. The summed E-state index contributed by atoms with van der Waals surface area (Å²) in [7, 11) is 4.50. The molecule has 2 aromatic rings. The summed E-state index contributed by atoms with van der Waals surface area (Å²) < 4.78 is 16.0. The van der Waals surface area contributed by atoms with Crippen molar-refractivity contribution < 1.29 is 28.6 Å². The van der Waals surface area contributed by atoms with Gasteiger partial charge < -0.3 is 19.5 Å². The van der Waals surface area contributed by atoms with Crippen molar-refractivity contribution in [2.45, 2.75) is 6.92 Å². The van der Waals surface area contributed by atoms with E-state index < -0.39 is 11.1 Å². The van der Waals surface area contributed by atoms with Gasteiger partial charge in [0, 0.05) is 18.7 Å². The molecule has 9 heteroatoms. The Kier molecular flexibility index (Phi) is 7.42. The van der Waals surface area contributed by atoms with Crippen LogP contribution in [0.5, 0.6) is 17.2 Å². The summed E-state index contributed by atoms with van der Waals surface area (Å²) in [5.41, 5.74) is 2.20. The summed E-state index contributed by atoms with van der Waals surface area (Å²) in [4.78, 5) is 38.7. The van der Waals surface area contributed by atoms with Crippen LogP contribution < -0.4 is 19.5 Å². The van der Waals surface area contributed by atoms with Crippen molar-refractivity contribution >= 4 is 34.9 Å². The van der Waals surface area contributed by atoms with E-state index in [-0.39, 0.29) is 23.9 Å². The van der Waals surface area contributed by atoms with Crippen molar-refractivity contribution in [3.05, 3.63) is 58.0 Å². The second-order valence-electron chi connectivity index (χ2n) is 6.91. The molecule has 0 aromatic heterocycles. The number of rotatable bonds is 8. The molecule has 1 aliphatic rings. The molecule has 1 fully saturated rings. The van der Waals surface area contributed by atoms with Crippen molar-refractivity contribution in [2.75, 3.05) is 34.4 Å². The first-order chi connectivity index (χ1) is 15.4. The molecule has 1 aliphatic heterocycles. The minimum Gasteiger partial charge on any atom is -0.493 e. The Morgan fingerprint density at radius 3 is 2.22 bits per heavy atom. The Balaban J connectivity index is 1.68. The highest BCUT2D eigenvalue weighted by Gasteiger charge is 2.34. The van der Waals surface area contributed by atoms with Crippen LogP contribution in [-0.2, 0) is 4.79 Å². The average molecular weight is 457 g/mol. The first kappa shape index (κ1) is 23.2. The molecule has 2 aromatic carbocycles. The van der Waals surface area contributed by atoms with Crippen molar-refractivity contribution in [2.24, 2.45) is 0 Å². The molecule has 32 heavy (non-hydrogen) atoms. The molecule has 1 saturated heterocycles. The van der Waals surface area contributed by atoms with Gasteiger partial charge in [0.2, 0.25) is 5.75 Å². The van der Waals surface area contributed by atoms with Crippen LogP contribution in [0.1, 0.15) is 21.5 Å². The number of benzene rings is 2. The number of carbonyl (C=O) groups excluding carboxylic acids is 3. The van der Waals surface area contributed by atoms with E-state index in [4.69, 9.17) is 14.2 Å². The molecule has 0 saturated carbocycles. The molecule has 0 aliphatic carbocycles. The van der Waals surface area contributed by atoms with Crippen LogP contribution in [-0.4, -0.2) is 56.4 Å². The third kappa shape index (κ3) is 5.05. The molecule has 1 heterocycles. The van der Waals surface area contributed by atoms with Crippen molar-refractivity contribution in [1.82, 2.24) is 10.2 Å². The third-order valence-corrected chi connectivity index (χ3v) is 5.70. The zero-order valence-corrected chi connectivity index (χ0v) is 19.1. The molecule has 0 unspecified atom stereocenters. The van der Waals surface area contributed by atoms with Gasteiger partial charge in [0.15, 0.2) is 11.5 Å². The lowest BCUT2D eigenvalue weighted by atomic mass is 10.1. The molecule has 0 radical (unpaired) electrons. The van der Waals surface area contributed by atoms with Gasteiger partial charge in [-0.2, -0.15) is 0 Å². The predicted molar refractivity (Wildman–Crippen MR) is 122 cm³/mol. The number of methoxy groups -OCH3 is 3. The molecule has 0 spiro atoms. The van der Waals surface area contributed by atoms with Gasteiger partial charge in [-0.25, -0.2) is 0 Å². The lowest BCUT2D eigenvalue weighted by Gasteiger charge is -2.13. The number of thioether (sulfide) groups is 1. The molecule has 1 N–H and O–H groups in total. The van der Waals surface area contributed by atoms with Gasteiger partial charge in [-0.15, -0.1) is 0 Å². The Bertz CT molecular complexity index is 1040. The predicted octanol–water partition coefficient (Wildman–Crippen LogP) is 3.49. The first-order valence-electron chi connectivity index (χ1n) is 9.78. The van der Waals surface area contributed by atoms with Gasteiger partial charge in [0.25, 0.3) is 17.1 Å². The highest BCUT2D eigenvalue weighted by Crippen LogP contribution is 2.40. The van der Waals surface area contributed by atoms with E-state index in [1.54, 1.807) is 30.3 Å². The summed E-state index contributed by atoms with van der Waals surface area (Å²) in [6.45, 7) is 2.17. The van der Waals surface area contributed by atoms with E-state index >= 15 is 0 Å². The monoisotopic (exact) mass is 456 g/mol. The normalized spacial score (nSPS) is 14.6. The highest BCUT2D eigenvalue weighted by atomic mass is 32.2. The smallest absolute Gasteiger partial charge is 0.293 e. The number of nitrogens with zero attached hydrogens (tertiary/aromatic N) is 1. The van der Waals surface area contributed by atoms with Crippen molar-refractivity contribution in [3.63, 3.8) is 0 Å². The quantitative estimate of drug-likeness (QED) is 0.608. The Hall–Kier alpha value is -3.46. The molecular weight excluding hydrogens is 432 g/mol. The second-order valence-corrected chi connectivity index (χ2v) is 7.91. The van der Waals surface area contributed by atoms with Crippen LogP contribution in [0, 0.1) is 6.92 Å². The summed E-state index contributed by atoms with van der Waals surface area (Å²) in [5, 5.41) is 2.34. The zero-order valence-electron chi connectivity index (χ0n) is 18.3. The summed E-state index contributed by atoms with van der Waals surface area (Å²) in [6, 6.07) is 10.5. The summed E-state index contributed by atoms with van der Waals surface area (Å²) >= 11 is 0.843. The molecule has 8 nitrogen and oxygen atoms in total. The van der Waals surface area contributed by atoms with E-state index in [2.05, 4.69) is 5.32 Å². The minimum atomic E-state index is -0.418. The average Bonchev–Trinajstić information content (AvgIpc) is 3.05. The molecule has 3 amide bonds. The lowest BCUT2D eigenvalue weighted by Crippen LogP contribution is -2.37. The summed E-state index contributed by atoms with van der Waals surface area (Å²) in [6.07, 6.45) is 1.60. The SMILES string of the molecule is COc1cc(/C=C2\SC(=O)N(CCNC(=O)c3ccc(C)cc3)C2=O)cc(OC)c1OC. The van der Waals surface area contributed by atoms with Crippen LogP contribution in [0.25, 0.3) is 6.08 Å². The topological polar surface area (TPSA) is 94.2 Å². The van der Waals surface area contributed by atoms with Gasteiger partial charge in [-0.3, -0.25) is 19.3 Å². The fraction of sp³-hybridized carbons (Fsp3) is 0.261. The number of hydrogen-bond acceptors (Lipinski definition) is 7. The van der Waals surface area contributed by atoms with Crippen molar-refractivity contribution in [3.8, 4) is 17.2 Å². The van der Waals surface area contributed by atoms with E-state index in [9.17, 15) is 14.4 Å². The maximum Gasteiger partial charge on any atom is 0.293 e. The zero-order chi connectivity index (χ0) is 23.3. The number of hydrogen-bond donors (Lipinski definition) is 1. The van der Waals surface area contributed by atoms with Crippen LogP contribution in [0.2, 0.25) is 0 Å². The van der Waals surface area contributed by atoms with Crippen LogP contribution in [0.3, 0.4) is 0 Å². The van der Waals surface area contributed by atoms with E-state index in [1.165, 1.54) is 21.3 Å². The fourth-order valence-electron chi connectivity index (χ4n) is 3.12. The van der Waals surface area contributed by atoms with E-state index in [0.29, 0.717) is 28.4 Å². The lowest BCUT2D eigenvalue weighted by molar-refractivity contribution is -0.122. The maximum atomic E-state index is 12.8. The highest BCUT2D eigenvalue weighted by molar-refractivity contribution is 8.18. The molecular formula is C23H24N2O6S. The van der Waals surface area contributed by atoms with Crippen LogP contribution in [0.4, 0.5) is 4.79 Å². The molecule has 0 bridgehead atoms. The second kappa shape index (κ2) is 10.2. The maximum absolute atomic E-state index is 12.8. The third-order valence-electron chi connectivity index (χ3n) is 4.79. The van der Waals surface area contributed by atoms with E-state index in [0.717, 1.165) is 22.2 Å². The number of carbonyl (C=O) groups is 3. The molecule has 3 rings (SSSR count). The molecule has 168 valence electrons. The minimum absolute atomic E-state index is 0.0782. The number of nitrogens with one attached hydrogen (secondary N) is 1. The number of amides is 3. The van der Waals surface area contributed by atoms with Gasteiger partial charge in [-0.1, -0.05) is 17.7 Å². The van der Waals surface area contributed by atoms with Crippen molar-refractivity contribution in [1.29, 1.82) is 0 Å². The van der Waals surface area contributed by atoms with Crippen LogP contribution in [0.15, 0.2) is 41.3 Å². The fourth-order valence-corrected chi connectivity index (χ4v) is 3.98. The molecule has 0 atom stereocenters. The van der Waals surface area contributed by atoms with E-state index in [1.807, 2.05) is 19.1 Å². The largest absolute Gasteiger partial charge is 0.493 e. The number of aryl methyl sites for hydroxylation is 1. The van der Waals surface area contributed by atoms with Gasteiger partial charge in [0.1, 0.15) is 0 Å². The standard InChI is InChI=1S/C23H24N2O6S/c1-14-5-7-16(8-6-14)21(26)24-9-10-25-22(27)19(32-23(25)28)13-15-11-17(29-2)20(31-4)18(12-15)30-3/h5-8,11-13H,9-10H2,1-4H3,(H,24,26)/b19-13-. The number of ether oxygens (including phenoxy) is 3. The first-order valence-corrected chi connectivity index (χ1v) is 10.6. The van der Waals surface area contributed by atoms with Gasteiger partial charge in [0.05, 0.1) is 26.2 Å². The van der Waals surface area contributed by atoms with Gasteiger partial charge in [-0.05, 0) is 54.6 Å². The Morgan fingerprint density at radius 1 is 1.03 bits per heavy atom. The van der Waals surface area contributed by atoms with Gasteiger partial charge >= 0.3 is 0 Å². The Morgan fingerprint density at radius 2 is 1.66 bits per heavy atom. The van der Waals surface area contributed by atoms with Crippen LogP contribution >= 0.6 is 11.8 Å². The number of imide groups is 1. The Labute approximate surface area is 190 Å².